The molecule has 0 saturated carbocycles. The van der Waals surface area contributed by atoms with Crippen LogP contribution in [0, 0.1) is 0 Å². The lowest BCUT2D eigenvalue weighted by Crippen LogP contribution is -2.68. The first-order valence-corrected chi connectivity index (χ1v) is 14.6. The number of rotatable bonds is 7. The fourth-order valence-corrected chi connectivity index (χ4v) is 10.2. The zero-order valence-corrected chi connectivity index (χ0v) is 23.0. The Balaban J connectivity index is 1.76. The largest absolute Gasteiger partial charge is 0.404 e. The Labute approximate surface area is 221 Å². The van der Waals surface area contributed by atoms with Gasteiger partial charge in [0.25, 0.3) is 8.32 Å². The number of aromatic nitrogens is 2. The quantitative estimate of drug-likeness (QED) is 0.348. The molecule has 0 spiro atoms. The summed E-state index contributed by atoms with van der Waals surface area (Å²) < 4.78 is 14.5. The Morgan fingerprint density at radius 3 is 2.14 bits per heavy atom. The van der Waals surface area contributed by atoms with Gasteiger partial charge in [-0.2, -0.15) is 4.98 Å². The second-order valence-corrected chi connectivity index (χ2v) is 15.2. The minimum atomic E-state index is -2.94. The number of benzene rings is 2. The molecule has 0 bridgehead atoms. The highest BCUT2D eigenvalue weighted by molar-refractivity contribution is 6.99. The van der Waals surface area contributed by atoms with Crippen LogP contribution in [0.4, 0.5) is 5.82 Å². The average molecular weight is 549 g/mol. The number of hydrogen-bond acceptors (Lipinski definition) is 6. The molecular formula is C26H31Cl2N3O4Si. The van der Waals surface area contributed by atoms with Gasteiger partial charge >= 0.3 is 5.69 Å². The van der Waals surface area contributed by atoms with E-state index in [0.29, 0.717) is 0 Å². The number of nitrogens with two attached hydrogens (primary N) is 1. The molecule has 4 rings (SSSR count). The SMILES string of the molecule is CC(C)(C)[Si](OC[C@@]1(CCl)O[C@@H](n2ccc(N)nc2=O)[C@H](Cl)[C@@H]1O)(c1ccccc1)c1ccccc1. The number of ether oxygens (including phenoxy) is 1. The maximum absolute atomic E-state index is 12.5. The van der Waals surface area contributed by atoms with Crippen molar-refractivity contribution in [2.45, 2.75) is 49.1 Å². The molecule has 0 radical (unpaired) electrons. The molecule has 1 aromatic heterocycles. The van der Waals surface area contributed by atoms with Crippen LogP contribution >= 0.6 is 23.2 Å². The van der Waals surface area contributed by atoms with Gasteiger partial charge < -0.3 is 20.0 Å². The lowest BCUT2D eigenvalue weighted by molar-refractivity contribution is -0.111. The van der Waals surface area contributed by atoms with Gasteiger partial charge in [-0.05, 0) is 21.5 Å². The summed E-state index contributed by atoms with van der Waals surface area (Å²) in [4.78, 5) is 16.2. The molecule has 192 valence electrons. The smallest absolute Gasteiger partial charge is 0.351 e. The number of anilines is 1. The minimum absolute atomic E-state index is 0.0260. The monoisotopic (exact) mass is 547 g/mol. The summed E-state index contributed by atoms with van der Waals surface area (Å²) in [7, 11) is -2.94. The van der Waals surface area contributed by atoms with E-state index in [1.807, 2.05) is 36.4 Å². The minimum Gasteiger partial charge on any atom is -0.404 e. The number of alkyl halides is 2. The van der Waals surface area contributed by atoms with Crippen molar-refractivity contribution in [2.24, 2.45) is 0 Å². The fraction of sp³-hybridized carbons (Fsp3) is 0.385. The van der Waals surface area contributed by atoms with Crippen LogP contribution in [0.1, 0.15) is 27.0 Å². The van der Waals surface area contributed by atoms with Crippen LogP contribution in [-0.2, 0) is 9.16 Å². The average Bonchev–Trinajstić information content (AvgIpc) is 3.10. The van der Waals surface area contributed by atoms with E-state index >= 15 is 0 Å². The first-order valence-electron chi connectivity index (χ1n) is 11.7. The molecular weight excluding hydrogens is 517 g/mol. The zero-order chi connectivity index (χ0) is 26.1. The summed E-state index contributed by atoms with van der Waals surface area (Å²) in [6.07, 6.45) is -0.752. The van der Waals surface area contributed by atoms with Crippen molar-refractivity contribution < 1.29 is 14.3 Å². The molecule has 2 aromatic carbocycles. The van der Waals surface area contributed by atoms with E-state index in [9.17, 15) is 9.90 Å². The van der Waals surface area contributed by atoms with Gasteiger partial charge in [0.2, 0.25) is 0 Å². The van der Waals surface area contributed by atoms with Crippen molar-refractivity contribution in [1.82, 2.24) is 9.55 Å². The zero-order valence-electron chi connectivity index (χ0n) is 20.5. The van der Waals surface area contributed by atoms with Gasteiger partial charge in [0.05, 0.1) is 12.5 Å². The van der Waals surface area contributed by atoms with Crippen LogP contribution in [0.2, 0.25) is 5.04 Å². The fourth-order valence-electron chi connectivity index (χ4n) is 4.91. The van der Waals surface area contributed by atoms with Crippen LogP contribution in [0.25, 0.3) is 0 Å². The molecule has 1 saturated heterocycles. The van der Waals surface area contributed by atoms with E-state index in [1.54, 1.807) is 0 Å². The van der Waals surface area contributed by atoms with Gasteiger partial charge in [0.1, 0.15) is 22.9 Å². The normalized spacial score (nSPS) is 24.7. The van der Waals surface area contributed by atoms with E-state index in [2.05, 4.69) is 50.0 Å². The van der Waals surface area contributed by atoms with Gasteiger partial charge in [-0.3, -0.25) is 4.57 Å². The van der Waals surface area contributed by atoms with Gasteiger partial charge in [0, 0.05) is 6.20 Å². The lowest BCUT2D eigenvalue weighted by atomic mass is 10.00. The summed E-state index contributed by atoms with van der Waals surface area (Å²) in [6, 6.07) is 21.7. The predicted octanol–water partition coefficient (Wildman–Crippen LogP) is 2.88. The van der Waals surface area contributed by atoms with Crippen molar-refractivity contribution in [2.75, 3.05) is 18.2 Å². The van der Waals surface area contributed by atoms with Crippen molar-refractivity contribution >= 4 is 47.7 Å². The van der Waals surface area contributed by atoms with Gasteiger partial charge in [-0.1, -0.05) is 81.4 Å². The van der Waals surface area contributed by atoms with E-state index in [0.717, 1.165) is 10.4 Å². The van der Waals surface area contributed by atoms with E-state index in [4.69, 9.17) is 38.1 Å². The molecule has 1 fully saturated rings. The van der Waals surface area contributed by atoms with Crippen molar-refractivity contribution in [3.63, 3.8) is 0 Å². The first kappa shape index (κ1) is 26.8. The standard InChI is InChI=1S/C26H31Cl2N3O4Si/c1-25(2,3)36(18-10-6-4-7-11-18,19-12-8-5-9-13-19)34-17-26(16-27)22(32)21(28)23(35-26)31-15-14-20(29)30-24(31)33/h4-15,21-23,32H,16-17H2,1-3H3,(H2,29,30,33)/t21-,22+,23-,26-/m1/s1. The van der Waals surface area contributed by atoms with Crippen LogP contribution in [0.5, 0.6) is 0 Å². The van der Waals surface area contributed by atoms with Gasteiger partial charge in [-0.15, -0.1) is 23.2 Å². The lowest BCUT2D eigenvalue weighted by Gasteiger charge is -2.45. The molecule has 1 aliphatic rings. The van der Waals surface area contributed by atoms with Gasteiger partial charge in [0.15, 0.2) is 6.23 Å². The van der Waals surface area contributed by atoms with Gasteiger partial charge in [-0.25, -0.2) is 4.79 Å². The Hall–Kier alpha value is -2.20. The molecule has 0 aliphatic carbocycles. The molecule has 10 heteroatoms. The molecule has 0 unspecified atom stereocenters. The first-order chi connectivity index (χ1) is 17.1. The predicted molar refractivity (Wildman–Crippen MR) is 146 cm³/mol. The summed E-state index contributed by atoms with van der Waals surface area (Å²) in [5, 5.41) is 12.2. The van der Waals surface area contributed by atoms with Crippen molar-refractivity contribution in [3.8, 4) is 0 Å². The number of halogens is 2. The van der Waals surface area contributed by atoms with Crippen LogP contribution in [-0.4, -0.2) is 52.5 Å². The summed E-state index contributed by atoms with van der Waals surface area (Å²) in [6.45, 7) is 6.45. The van der Waals surface area contributed by atoms with E-state index in [1.165, 1.54) is 16.8 Å². The third kappa shape index (κ3) is 4.62. The molecule has 4 atom stereocenters. The Morgan fingerprint density at radius 1 is 1.11 bits per heavy atom. The van der Waals surface area contributed by atoms with Crippen molar-refractivity contribution in [3.05, 3.63) is 83.4 Å². The van der Waals surface area contributed by atoms with Crippen molar-refractivity contribution in [1.29, 1.82) is 0 Å². The molecule has 3 N–H and O–H groups in total. The maximum Gasteiger partial charge on any atom is 0.351 e. The highest BCUT2D eigenvalue weighted by Gasteiger charge is 2.58. The molecule has 1 aliphatic heterocycles. The summed E-state index contributed by atoms with van der Waals surface area (Å²) >= 11 is 13.1. The molecule has 0 amide bonds. The highest BCUT2D eigenvalue weighted by Crippen LogP contribution is 2.43. The topological polar surface area (TPSA) is 99.6 Å². The third-order valence-electron chi connectivity index (χ3n) is 6.77. The molecule has 36 heavy (non-hydrogen) atoms. The number of aliphatic hydroxyl groups is 1. The Kier molecular flexibility index (Phi) is 7.67. The van der Waals surface area contributed by atoms with Crippen LogP contribution in [0.3, 0.4) is 0 Å². The number of nitrogens with zero attached hydrogens (tertiary/aromatic N) is 2. The summed E-state index contributed by atoms with van der Waals surface area (Å²) in [5.41, 5.74) is 3.65. The highest BCUT2D eigenvalue weighted by atomic mass is 35.5. The molecule has 3 aromatic rings. The van der Waals surface area contributed by atoms with E-state index in [-0.39, 0.29) is 23.3 Å². The number of aliphatic hydroxyl groups excluding tert-OH is 1. The Morgan fingerprint density at radius 2 is 1.67 bits per heavy atom. The summed E-state index contributed by atoms with van der Waals surface area (Å²) in [5.74, 6) is -0.0111. The van der Waals surface area contributed by atoms with Crippen LogP contribution < -0.4 is 21.8 Å². The van der Waals surface area contributed by atoms with Crippen LogP contribution in [0.15, 0.2) is 77.7 Å². The molecule has 2 heterocycles. The number of hydrogen-bond donors (Lipinski definition) is 2. The third-order valence-corrected chi connectivity index (χ3v) is 12.7. The second-order valence-electron chi connectivity index (χ2n) is 10.1. The number of nitrogen functional groups attached to an aromatic ring is 1. The molecule has 7 nitrogen and oxygen atoms in total. The Bertz CT molecular complexity index is 1200. The maximum atomic E-state index is 12.5. The second kappa shape index (κ2) is 10.3. The van der Waals surface area contributed by atoms with E-state index < -0.39 is 37.3 Å².